The van der Waals surface area contributed by atoms with Gasteiger partial charge in [0.1, 0.15) is 11.6 Å². The van der Waals surface area contributed by atoms with Crippen molar-refractivity contribution in [3.63, 3.8) is 0 Å². The molecule has 0 amide bonds. The van der Waals surface area contributed by atoms with Crippen LogP contribution in [0, 0.1) is 18.6 Å². The number of aryl methyl sites for hydroxylation is 1. The summed E-state index contributed by atoms with van der Waals surface area (Å²) in [4.78, 5) is 6.27. The number of halogens is 2. The van der Waals surface area contributed by atoms with Gasteiger partial charge in [0.25, 0.3) is 0 Å². The first kappa shape index (κ1) is 16.4. The summed E-state index contributed by atoms with van der Waals surface area (Å²) in [6.07, 6.45) is 0.561. The van der Waals surface area contributed by atoms with Crippen LogP contribution in [-0.4, -0.2) is 16.5 Å². The molecule has 0 saturated heterocycles. The molecule has 0 aliphatic heterocycles. The number of benzene rings is 2. The highest BCUT2D eigenvalue weighted by atomic mass is 19.1. The predicted octanol–water partition coefficient (Wildman–Crippen LogP) is 5.04. The zero-order valence-electron chi connectivity index (χ0n) is 14.4. The van der Waals surface area contributed by atoms with E-state index in [4.69, 9.17) is 0 Å². The van der Waals surface area contributed by atoms with Crippen LogP contribution in [0.3, 0.4) is 0 Å². The van der Waals surface area contributed by atoms with Crippen LogP contribution in [0.25, 0.3) is 27.5 Å². The molecule has 0 fully saturated rings. The summed E-state index contributed by atoms with van der Waals surface area (Å²) < 4.78 is 28.1. The van der Waals surface area contributed by atoms with Gasteiger partial charge < -0.3 is 15.3 Å². The average Bonchev–Trinajstić information content (AvgIpc) is 3.20. The maximum absolute atomic E-state index is 14.2. The Bertz CT molecular complexity index is 1090. The molecule has 132 valence electrons. The smallest absolute Gasteiger partial charge is 0.147 e. The molecule has 0 bridgehead atoms. The number of hydrogen-bond donors (Lipinski definition) is 3. The van der Waals surface area contributed by atoms with Crippen molar-refractivity contribution < 1.29 is 8.78 Å². The molecule has 5 heteroatoms. The molecule has 0 radical (unpaired) electrons. The molecule has 2 aromatic carbocycles. The van der Waals surface area contributed by atoms with Crippen LogP contribution >= 0.6 is 0 Å². The minimum atomic E-state index is -0.439. The third-order valence-corrected chi connectivity index (χ3v) is 4.74. The van der Waals surface area contributed by atoms with Gasteiger partial charge in [-0.15, -0.1) is 0 Å². The zero-order chi connectivity index (χ0) is 18.3. The van der Waals surface area contributed by atoms with Crippen molar-refractivity contribution in [2.24, 2.45) is 0 Å². The first-order chi connectivity index (χ1) is 12.5. The number of fused-ring (bicyclic) bond motifs is 2. The van der Waals surface area contributed by atoms with Crippen molar-refractivity contribution in [3.8, 4) is 0 Å². The highest BCUT2D eigenvalue weighted by molar-refractivity contribution is 5.86. The van der Waals surface area contributed by atoms with Gasteiger partial charge >= 0.3 is 0 Å². The Labute approximate surface area is 149 Å². The molecule has 0 unspecified atom stereocenters. The lowest BCUT2D eigenvalue weighted by molar-refractivity contribution is 0.616. The van der Waals surface area contributed by atoms with Gasteiger partial charge in [0.15, 0.2) is 0 Å². The topological polar surface area (TPSA) is 43.6 Å². The number of H-pyrrole nitrogens is 2. The van der Waals surface area contributed by atoms with E-state index in [0.29, 0.717) is 18.4 Å². The van der Waals surface area contributed by atoms with Crippen LogP contribution in [0.4, 0.5) is 8.78 Å². The number of para-hydroxylation sites is 1. The average molecular weight is 351 g/mol. The van der Waals surface area contributed by atoms with Gasteiger partial charge in [-0.2, -0.15) is 0 Å². The van der Waals surface area contributed by atoms with Crippen molar-refractivity contribution in [1.82, 2.24) is 15.3 Å². The van der Waals surface area contributed by atoms with E-state index >= 15 is 0 Å². The molecular formula is C21H19F2N3. The van der Waals surface area contributed by atoms with Gasteiger partial charge in [-0.3, -0.25) is 0 Å². The lowest BCUT2D eigenvalue weighted by atomic mass is 10.1. The maximum atomic E-state index is 14.2. The zero-order valence-corrected chi connectivity index (χ0v) is 14.4. The van der Waals surface area contributed by atoms with E-state index in [1.165, 1.54) is 6.07 Å². The summed E-state index contributed by atoms with van der Waals surface area (Å²) in [5, 5.41) is 4.72. The predicted molar refractivity (Wildman–Crippen MR) is 102 cm³/mol. The number of aromatic amines is 2. The molecule has 0 saturated carbocycles. The second-order valence-electron chi connectivity index (χ2n) is 6.43. The summed E-state index contributed by atoms with van der Waals surface area (Å²) >= 11 is 0. The first-order valence-corrected chi connectivity index (χ1v) is 8.50. The number of aromatic nitrogens is 2. The standard InChI is InChI=1S/C21H19F2N3/c1-12-15(20-16(22)7-8-17(23)21(20)25-12)9-10-24-13(2)19-11-14-5-3-4-6-18(14)26-19/h3-8,11,24-26H,2,9-10H2,1H3. The second-order valence-corrected chi connectivity index (χ2v) is 6.43. The Morgan fingerprint density at radius 2 is 1.85 bits per heavy atom. The molecule has 0 aliphatic carbocycles. The molecule has 2 aromatic heterocycles. The van der Waals surface area contributed by atoms with E-state index in [0.717, 1.165) is 39.6 Å². The number of rotatable bonds is 5. The van der Waals surface area contributed by atoms with E-state index in [1.54, 1.807) is 0 Å². The Hall–Kier alpha value is -3.08. The van der Waals surface area contributed by atoms with E-state index in [9.17, 15) is 8.78 Å². The fourth-order valence-electron chi connectivity index (χ4n) is 3.40. The quantitative estimate of drug-likeness (QED) is 0.463. The fourth-order valence-corrected chi connectivity index (χ4v) is 3.40. The molecule has 0 atom stereocenters. The van der Waals surface area contributed by atoms with Crippen molar-refractivity contribution in [1.29, 1.82) is 0 Å². The third-order valence-electron chi connectivity index (χ3n) is 4.74. The van der Waals surface area contributed by atoms with E-state index in [2.05, 4.69) is 21.9 Å². The maximum Gasteiger partial charge on any atom is 0.147 e. The van der Waals surface area contributed by atoms with Crippen LogP contribution in [-0.2, 0) is 6.42 Å². The lowest BCUT2D eigenvalue weighted by Crippen LogP contribution is -2.15. The molecule has 4 rings (SSSR count). The largest absolute Gasteiger partial charge is 0.384 e. The first-order valence-electron chi connectivity index (χ1n) is 8.50. The molecule has 4 aromatic rings. The van der Waals surface area contributed by atoms with E-state index in [1.807, 2.05) is 37.3 Å². The summed E-state index contributed by atoms with van der Waals surface area (Å²) in [6.45, 7) is 6.47. The Balaban J connectivity index is 1.51. The van der Waals surface area contributed by atoms with Crippen LogP contribution in [0.15, 0.2) is 49.0 Å². The monoisotopic (exact) mass is 351 g/mol. The van der Waals surface area contributed by atoms with Crippen LogP contribution in [0.2, 0.25) is 0 Å². The van der Waals surface area contributed by atoms with Crippen molar-refractivity contribution in [2.45, 2.75) is 13.3 Å². The molecular weight excluding hydrogens is 332 g/mol. The van der Waals surface area contributed by atoms with Crippen LogP contribution < -0.4 is 5.32 Å². The number of nitrogens with one attached hydrogen (secondary N) is 3. The Kier molecular flexibility index (Phi) is 3.99. The summed E-state index contributed by atoms with van der Waals surface area (Å²) in [7, 11) is 0. The second kappa shape index (κ2) is 6.33. The third kappa shape index (κ3) is 2.75. The van der Waals surface area contributed by atoms with Crippen LogP contribution in [0.5, 0.6) is 0 Å². The van der Waals surface area contributed by atoms with Gasteiger partial charge in [-0.1, -0.05) is 24.8 Å². The number of hydrogen-bond acceptors (Lipinski definition) is 1. The summed E-state index contributed by atoms with van der Waals surface area (Å²) in [6, 6.07) is 12.4. The van der Waals surface area contributed by atoms with Gasteiger partial charge in [-0.05, 0) is 43.2 Å². The normalized spacial score (nSPS) is 11.3. The minimum absolute atomic E-state index is 0.229. The van der Waals surface area contributed by atoms with Crippen LogP contribution in [0.1, 0.15) is 17.0 Å². The Morgan fingerprint density at radius 1 is 1.08 bits per heavy atom. The van der Waals surface area contributed by atoms with E-state index < -0.39 is 11.6 Å². The van der Waals surface area contributed by atoms with Crippen molar-refractivity contribution in [2.75, 3.05) is 6.54 Å². The molecule has 3 nitrogen and oxygen atoms in total. The van der Waals surface area contributed by atoms with Crippen molar-refractivity contribution in [3.05, 3.63) is 77.6 Å². The lowest BCUT2D eigenvalue weighted by Gasteiger charge is -2.08. The van der Waals surface area contributed by atoms with Gasteiger partial charge in [-0.25, -0.2) is 8.78 Å². The molecule has 3 N–H and O–H groups in total. The molecule has 26 heavy (non-hydrogen) atoms. The van der Waals surface area contributed by atoms with Crippen molar-refractivity contribution >= 4 is 27.5 Å². The molecule has 0 spiro atoms. The van der Waals surface area contributed by atoms with Gasteiger partial charge in [0.2, 0.25) is 0 Å². The fraction of sp³-hybridized carbons (Fsp3) is 0.143. The molecule has 2 heterocycles. The van der Waals surface area contributed by atoms with Gasteiger partial charge in [0, 0.05) is 28.5 Å². The SMILES string of the molecule is C=C(NCCc1c(C)[nH]c2c(F)ccc(F)c12)c1cc2ccccc2[nH]1. The highest BCUT2D eigenvalue weighted by Gasteiger charge is 2.15. The van der Waals surface area contributed by atoms with E-state index in [-0.39, 0.29) is 5.52 Å². The Morgan fingerprint density at radius 3 is 2.65 bits per heavy atom. The summed E-state index contributed by atoms with van der Waals surface area (Å²) in [5.41, 5.74) is 4.53. The molecule has 0 aliphatic rings. The highest BCUT2D eigenvalue weighted by Crippen LogP contribution is 2.27. The van der Waals surface area contributed by atoms with Gasteiger partial charge in [0.05, 0.1) is 16.9 Å². The summed E-state index contributed by atoms with van der Waals surface area (Å²) in [5.74, 6) is -0.846. The minimum Gasteiger partial charge on any atom is -0.384 e.